The van der Waals surface area contributed by atoms with E-state index in [-0.39, 0.29) is 12.5 Å². The van der Waals surface area contributed by atoms with Crippen LogP contribution in [0.4, 0.5) is 0 Å². The number of nitrogens with two attached hydrogens (primary N) is 1. The van der Waals surface area contributed by atoms with Crippen molar-refractivity contribution >= 4 is 5.91 Å². The molecule has 1 amide bonds. The van der Waals surface area contributed by atoms with Gasteiger partial charge in [-0.15, -0.1) is 10.2 Å². The zero-order valence-electron chi connectivity index (χ0n) is 10.9. The highest BCUT2D eigenvalue weighted by Crippen LogP contribution is 2.29. The maximum atomic E-state index is 10.7. The standard InChI is InChI=1S/C12H21N5O/c1-9-15-16-12(8-14-7-11(13)18)17(9)10-5-3-2-4-6-10/h10,14H,2-8H2,1H3,(H2,13,18). The van der Waals surface area contributed by atoms with Crippen LogP contribution in [0.1, 0.15) is 49.8 Å². The fraction of sp³-hybridized carbons (Fsp3) is 0.750. The highest BCUT2D eigenvalue weighted by atomic mass is 16.1. The molecule has 0 unspecified atom stereocenters. The van der Waals surface area contributed by atoms with Gasteiger partial charge in [-0.05, 0) is 19.8 Å². The molecule has 0 spiro atoms. The van der Waals surface area contributed by atoms with Gasteiger partial charge in [0.15, 0.2) is 0 Å². The number of nitrogens with one attached hydrogen (secondary N) is 1. The fourth-order valence-electron chi connectivity index (χ4n) is 2.65. The summed E-state index contributed by atoms with van der Waals surface area (Å²) in [5.74, 6) is 1.51. The van der Waals surface area contributed by atoms with Crippen LogP contribution in [-0.2, 0) is 11.3 Å². The molecule has 6 heteroatoms. The van der Waals surface area contributed by atoms with Crippen LogP contribution in [0.5, 0.6) is 0 Å². The minimum Gasteiger partial charge on any atom is -0.369 e. The average molecular weight is 251 g/mol. The van der Waals surface area contributed by atoms with E-state index >= 15 is 0 Å². The third-order valence-corrected chi connectivity index (χ3v) is 3.46. The Kier molecular flexibility index (Phi) is 4.30. The molecular formula is C12H21N5O. The summed E-state index contributed by atoms with van der Waals surface area (Å²) in [6.45, 7) is 2.70. The van der Waals surface area contributed by atoms with Crippen molar-refractivity contribution in [2.45, 2.75) is 51.6 Å². The number of primary amides is 1. The summed E-state index contributed by atoms with van der Waals surface area (Å²) in [6, 6.07) is 0.513. The normalized spacial score (nSPS) is 16.9. The molecule has 18 heavy (non-hydrogen) atoms. The highest BCUT2D eigenvalue weighted by Gasteiger charge is 2.20. The van der Waals surface area contributed by atoms with Gasteiger partial charge in [0.2, 0.25) is 5.91 Å². The van der Waals surface area contributed by atoms with Crippen LogP contribution in [0, 0.1) is 6.92 Å². The minimum absolute atomic E-state index is 0.177. The van der Waals surface area contributed by atoms with Crippen LogP contribution in [0.3, 0.4) is 0 Å². The van der Waals surface area contributed by atoms with Gasteiger partial charge in [0, 0.05) is 6.04 Å². The molecule has 1 fully saturated rings. The highest BCUT2D eigenvalue weighted by molar-refractivity contribution is 5.75. The van der Waals surface area contributed by atoms with Gasteiger partial charge in [0.05, 0.1) is 13.1 Å². The second-order valence-electron chi connectivity index (χ2n) is 4.90. The average Bonchev–Trinajstić information content (AvgIpc) is 2.71. The summed E-state index contributed by atoms with van der Waals surface area (Å²) in [7, 11) is 0. The van der Waals surface area contributed by atoms with Gasteiger partial charge in [0.1, 0.15) is 11.6 Å². The van der Waals surface area contributed by atoms with Gasteiger partial charge in [-0.25, -0.2) is 0 Å². The van der Waals surface area contributed by atoms with Crippen LogP contribution in [0.25, 0.3) is 0 Å². The zero-order valence-corrected chi connectivity index (χ0v) is 10.9. The maximum Gasteiger partial charge on any atom is 0.231 e. The lowest BCUT2D eigenvalue weighted by Gasteiger charge is -2.25. The largest absolute Gasteiger partial charge is 0.369 e. The van der Waals surface area contributed by atoms with E-state index in [0.29, 0.717) is 12.6 Å². The smallest absolute Gasteiger partial charge is 0.231 e. The first-order valence-corrected chi connectivity index (χ1v) is 6.58. The molecule has 0 aromatic carbocycles. The van der Waals surface area contributed by atoms with Gasteiger partial charge in [0.25, 0.3) is 0 Å². The van der Waals surface area contributed by atoms with Crippen LogP contribution < -0.4 is 11.1 Å². The van der Waals surface area contributed by atoms with Gasteiger partial charge in [-0.1, -0.05) is 19.3 Å². The maximum absolute atomic E-state index is 10.7. The zero-order chi connectivity index (χ0) is 13.0. The Labute approximate surface area is 107 Å². The van der Waals surface area contributed by atoms with E-state index < -0.39 is 0 Å². The van der Waals surface area contributed by atoms with Crippen molar-refractivity contribution in [3.05, 3.63) is 11.6 Å². The number of aryl methyl sites for hydroxylation is 1. The van der Waals surface area contributed by atoms with E-state index in [2.05, 4.69) is 20.1 Å². The van der Waals surface area contributed by atoms with E-state index in [1.807, 2.05) is 6.92 Å². The number of aromatic nitrogens is 3. The lowest BCUT2D eigenvalue weighted by atomic mass is 9.95. The van der Waals surface area contributed by atoms with Crippen LogP contribution in [0.15, 0.2) is 0 Å². The summed E-state index contributed by atoms with van der Waals surface area (Å²) in [5.41, 5.74) is 5.10. The molecule has 6 nitrogen and oxygen atoms in total. The van der Waals surface area contributed by atoms with Crippen LogP contribution >= 0.6 is 0 Å². The number of rotatable bonds is 5. The molecule has 0 aliphatic heterocycles. The quantitative estimate of drug-likeness (QED) is 0.805. The van der Waals surface area contributed by atoms with E-state index in [1.54, 1.807) is 0 Å². The van der Waals surface area contributed by atoms with Crippen LogP contribution in [0.2, 0.25) is 0 Å². The second kappa shape index (κ2) is 5.95. The lowest BCUT2D eigenvalue weighted by Crippen LogP contribution is -2.29. The van der Waals surface area contributed by atoms with Crippen molar-refractivity contribution in [3.63, 3.8) is 0 Å². The first kappa shape index (κ1) is 13.0. The number of hydrogen-bond donors (Lipinski definition) is 2. The number of carbonyl (C=O) groups is 1. The molecule has 100 valence electrons. The molecule has 1 aromatic rings. The fourth-order valence-corrected chi connectivity index (χ4v) is 2.65. The summed E-state index contributed by atoms with van der Waals surface area (Å²) >= 11 is 0. The number of amides is 1. The van der Waals surface area contributed by atoms with E-state index in [1.165, 1.54) is 32.1 Å². The molecular weight excluding hydrogens is 230 g/mol. The van der Waals surface area contributed by atoms with E-state index in [0.717, 1.165) is 11.6 Å². The Morgan fingerprint density at radius 2 is 2.11 bits per heavy atom. The van der Waals surface area contributed by atoms with E-state index in [9.17, 15) is 4.79 Å². The Bertz CT molecular complexity index is 409. The van der Waals surface area contributed by atoms with Crippen molar-refractivity contribution in [1.82, 2.24) is 20.1 Å². The molecule has 1 aromatic heterocycles. The van der Waals surface area contributed by atoms with Crippen molar-refractivity contribution in [1.29, 1.82) is 0 Å². The molecule has 1 heterocycles. The van der Waals surface area contributed by atoms with Gasteiger partial charge >= 0.3 is 0 Å². The SMILES string of the molecule is Cc1nnc(CNCC(N)=O)n1C1CCCCC1. The third kappa shape index (κ3) is 3.07. The topological polar surface area (TPSA) is 85.8 Å². The Hall–Kier alpha value is -1.43. The van der Waals surface area contributed by atoms with Crippen LogP contribution in [-0.4, -0.2) is 27.2 Å². The molecule has 1 aliphatic rings. The summed E-state index contributed by atoms with van der Waals surface area (Å²) in [4.78, 5) is 10.7. The number of carbonyl (C=O) groups excluding carboxylic acids is 1. The van der Waals surface area contributed by atoms with Crippen molar-refractivity contribution in [2.24, 2.45) is 5.73 Å². The van der Waals surface area contributed by atoms with Gasteiger partial charge < -0.3 is 15.6 Å². The molecule has 0 atom stereocenters. The summed E-state index contributed by atoms with van der Waals surface area (Å²) < 4.78 is 2.22. The Balaban J connectivity index is 2.03. The Morgan fingerprint density at radius 1 is 1.39 bits per heavy atom. The lowest BCUT2D eigenvalue weighted by molar-refractivity contribution is -0.117. The van der Waals surface area contributed by atoms with Crippen molar-refractivity contribution in [3.8, 4) is 0 Å². The predicted octanol–water partition coefficient (Wildman–Crippen LogP) is 0.667. The summed E-state index contributed by atoms with van der Waals surface area (Å²) in [6.07, 6.45) is 6.27. The van der Waals surface area contributed by atoms with E-state index in [4.69, 9.17) is 5.73 Å². The monoisotopic (exact) mass is 251 g/mol. The summed E-state index contributed by atoms with van der Waals surface area (Å²) in [5, 5.41) is 11.3. The second-order valence-corrected chi connectivity index (χ2v) is 4.90. The molecule has 0 saturated heterocycles. The predicted molar refractivity (Wildman–Crippen MR) is 67.8 cm³/mol. The van der Waals surface area contributed by atoms with Crippen molar-refractivity contribution < 1.29 is 4.79 Å². The number of nitrogens with zero attached hydrogens (tertiary/aromatic N) is 3. The first-order chi connectivity index (χ1) is 8.68. The molecule has 2 rings (SSSR count). The molecule has 1 saturated carbocycles. The molecule has 0 radical (unpaired) electrons. The Morgan fingerprint density at radius 3 is 2.78 bits per heavy atom. The van der Waals surface area contributed by atoms with Gasteiger partial charge in [-0.3, -0.25) is 4.79 Å². The first-order valence-electron chi connectivity index (χ1n) is 6.58. The molecule has 3 N–H and O–H groups in total. The number of hydrogen-bond acceptors (Lipinski definition) is 4. The molecule has 0 bridgehead atoms. The molecule has 1 aliphatic carbocycles. The van der Waals surface area contributed by atoms with Crippen molar-refractivity contribution in [2.75, 3.05) is 6.54 Å². The van der Waals surface area contributed by atoms with Gasteiger partial charge in [-0.2, -0.15) is 0 Å². The minimum atomic E-state index is -0.351. The third-order valence-electron chi connectivity index (χ3n) is 3.46.